The van der Waals surface area contributed by atoms with E-state index >= 15 is 0 Å². The summed E-state index contributed by atoms with van der Waals surface area (Å²) in [4.78, 5) is 24.6. The Morgan fingerprint density at radius 3 is 2.53 bits per heavy atom. The predicted molar refractivity (Wildman–Crippen MR) is 61.8 cm³/mol. The monoisotopic (exact) mass is 224 g/mol. The van der Waals surface area contributed by atoms with Crippen molar-refractivity contribution in [2.45, 2.75) is 0 Å². The molecule has 2 rings (SSSR count). The maximum absolute atomic E-state index is 11.9. The minimum Gasteiger partial charge on any atom is -0.269 e. The topological polar surface area (TPSA) is 61.2 Å². The van der Waals surface area contributed by atoms with Gasteiger partial charge in [0.25, 0.3) is 11.8 Å². The van der Waals surface area contributed by atoms with Crippen LogP contribution in [0.25, 0.3) is 0 Å². The number of carbonyl (C=O) groups is 2. The van der Waals surface area contributed by atoms with E-state index in [1.165, 1.54) is 18.2 Å². The SMILES string of the molecule is N#CC=CC1=CC(=O)N(c2ccccc2)C1=O. The number of para-hydroxylation sites is 1. The van der Waals surface area contributed by atoms with Crippen LogP contribution in [0, 0.1) is 11.3 Å². The van der Waals surface area contributed by atoms with Gasteiger partial charge in [0.05, 0.1) is 11.8 Å². The van der Waals surface area contributed by atoms with Gasteiger partial charge in [-0.2, -0.15) is 5.26 Å². The standard InChI is InChI=1S/C13H8N2O2/c14-8-4-5-10-9-12(16)15(13(10)17)11-6-2-1-3-7-11/h1-7,9H. The number of rotatable bonds is 2. The van der Waals surface area contributed by atoms with Crippen molar-refractivity contribution in [1.82, 2.24) is 0 Å². The summed E-state index contributed by atoms with van der Waals surface area (Å²) in [7, 11) is 0. The van der Waals surface area contributed by atoms with Gasteiger partial charge >= 0.3 is 0 Å². The number of carbonyl (C=O) groups excluding carboxylic acids is 2. The van der Waals surface area contributed by atoms with Crippen molar-refractivity contribution in [3.8, 4) is 6.07 Å². The second kappa shape index (κ2) is 4.45. The first kappa shape index (κ1) is 10.8. The number of nitriles is 1. The van der Waals surface area contributed by atoms with Crippen LogP contribution in [0.15, 0.2) is 54.1 Å². The van der Waals surface area contributed by atoms with Gasteiger partial charge in [-0.3, -0.25) is 9.59 Å². The Hall–Kier alpha value is -2.67. The zero-order chi connectivity index (χ0) is 12.3. The first-order valence-electron chi connectivity index (χ1n) is 4.95. The zero-order valence-corrected chi connectivity index (χ0v) is 8.83. The lowest BCUT2D eigenvalue weighted by molar-refractivity contribution is -0.120. The average Bonchev–Trinajstić information content (AvgIpc) is 2.63. The third kappa shape index (κ3) is 1.99. The zero-order valence-electron chi connectivity index (χ0n) is 8.83. The average molecular weight is 224 g/mol. The van der Waals surface area contributed by atoms with Gasteiger partial charge in [0.15, 0.2) is 0 Å². The summed E-state index contributed by atoms with van der Waals surface area (Å²) >= 11 is 0. The molecule has 0 radical (unpaired) electrons. The molecular weight excluding hydrogens is 216 g/mol. The van der Waals surface area contributed by atoms with E-state index < -0.39 is 11.8 Å². The molecule has 1 aromatic rings. The molecule has 1 aliphatic heterocycles. The van der Waals surface area contributed by atoms with E-state index in [0.29, 0.717) is 5.69 Å². The van der Waals surface area contributed by atoms with Gasteiger partial charge in [-0.25, -0.2) is 4.90 Å². The van der Waals surface area contributed by atoms with Crippen LogP contribution < -0.4 is 4.90 Å². The van der Waals surface area contributed by atoms with Crippen molar-refractivity contribution < 1.29 is 9.59 Å². The van der Waals surface area contributed by atoms with Crippen LogP contribution in [0.4, 0.5) is 5.69 Å². The lowest BCUT2D eigenvalue weighted by atomic mass is 10.2. The molecule has 0 fully saturated rings. The molecule has 4 heteroatoms. The molecule has 0 saturated carbocycles. The first-order valence-corrected chi connectivity index (χ1v) is 4.95. The smallest absolute Gasteiger partial charge is 0.265 e. The number of amides is 2. The van der Waals surface area contributed by atoms with Gasteiger partial charge in [0.2, 0.25) is 0 Å². The second-order valence-electron chi connectivity index (χ2n) is 3.38. The number of benzene rings is 1. The maximum Gasteiger partial charge on any atom is 0.265 e. The van der Waals surface area contributed by atoms with Gasteiger partial charge in [0.1, 0.15) is 0 Å². The molecule has 0 aromatic heterocycles. The normalized spacial score (nSPS) is 15.2. The van der Waals surface area contributed by atoms with Crippen molar-refractivity contribution in [3.05, 3.63) is 54.1 Å². The molecule has 1 aliphatic rings. The molecule has 17 heavy (non-hydrogen) atoms. The van der Waals surface area contributed by atoms with E-state index in [0.717, 1.165) is 4.90 Å². The molecule has 2 amide bonds. The number of nitrogens with zero attached hydrogens (tertiary/aromatic N) is 2. The Morgan fingerprint density at radius 2 is 1.88 bits per heavy atom. The van der Waals surface area contributed by atoms with Crippen molar-refractivity contribution in [2.75, 3.05) is 4.90 Å². The lowest BCUT2D eigenvalue weighted by Crippen LogP contribution is -2.30. The summed E-state index contributed by atoms with van der Waals surface area (Å²) in [6.45, 7) is 0. The Morgan fingerprint density at radius 1 is 1.18 bits per heavy atom. The van der Waals surface area contributed by atoms with E-state index in [1.54, 1.807) is 36.4 Å². The largest absolute Gasteiger partial charge is 0.269 e. The highest BCUT2D eigenvalue weighted by atomic mass is 16.2. The van der Waals surface area contributed by atoms with Gasteiger partial charge < -0.3 is 0 Å². The second-order valence-corrected chi connectivity index (χ2v) is 3.38. The molecule has 1 heterocycles. The predicted octanol–water partition coefficient (Wildman–Crippen LogP) is 1.57. The fourth-order valence-electron chi connectivity index (χ4n) is 1.56. The van der Waals surface area contributed by atoms with Crippen molar-refractivity contribution in [2.24, 2.45) is 0 Å². The van der Waals surface area contributed by atoms with Crippen LogP contribution in [0.2, 0.25) is 0 Å². The van der Waals surface area contributed by atoms with Gasteiger partial charge in [-0.15, -0.1) is 0 Å². The fourth-order valence-corrected chi connectivity index (χ4v) is 1.56. The lowest BCUT2D eigenvalue weighted by Gasteiger charge is -2.13. The highest BCUT2D eigenvalue weighted by Gasteiger charge is 2.30. The fraction of sp³-hybridized carbons (Fsp3) is 0. The molecule has 0 spiro atoms. The van der Waals surface area contributed by atoms with Crippen LogP contribution in [-0.2, 0) is 9.59 Å². The third-order valence-corrected chi connectivity index (χ3v) is 2.30. The Labute approximate surface area is 98.1 Å². The van der Waals surface area contributed by atoms with E-state index in [2.05, 4.69) is 0 Å². The van der Waals surface area contributed by atoms with Gasteiger partial charge in [-0.05, 0) is 18.2 Å². The molecule has 1 aromatic carbocycles. The summed E-state index contributed by atoms with van der Waals surface area (Å²) in [5, 5.41) is 8.39. The van der Waals surface area contributed by atoms with Gasteiger partial charge in [0, 0.05) is 17.7 Å². The first-order chi connectivity index (χ1) is 8.24. The van der Waals surface area contributed by atoms with Crippen LogP contribution in [-0.4, -0.2) is 11.8 Å². The Kier molecular flexibility index (Phi) is 2.84. The molecule has 82 valence electrons. The molecule has 0 saturated heterocycles. The highest BCUT2D eigenvalue weighted by Crippen LogP contribution is 2.22. The Balaban J connectivity index is 2.32. The van der Waals surface area contributed by atoms with E-state index in [-0.39, 0.29) is 5.57 Å². The summed E-state index contributed by atoms with van der Waals surface area (Å²) in [6, 6.07) is 10.4. The maximum atomic E-state index is 11.9. The molecular formula is C13H8N2O2. The number of anilines is 1. The molecule has 0 aliphatic carbocycles. The summed E-state index contributed by atoms with van der Waals surface area (Å²) in [5.74, 6) is -0.800. The van der Waals surface area contributed by atoms with Crippen molar-refractivity contribution >= 4 is 17.5 Å². The third-order valence-electron chi connectivity index (χ3n) is 2.30. The number of allylic oxidation sites excluding steroid dienone is 1. The molecule has 0 bridgehead atoms. The quantitative estimate of drug-likeness (QED) is 0.565. The summed E-state index contributed by atoms with van der Waals surface area (Å²) in [5.41, 5.74) is 0.750. The van der Waals surface area contributed by atoms with E-state index in [1.807, 2.05) is 0 Å². The van der Waals surface area contributed by atoms with Crippen LogP contribution in [0.3, 0.4) is 0 Å². The van der Waals surface area contributed by atoms with Crippen molar-refractivity contribution in [3.63, 3.8) is 0 Å². The van der Waals surface area contributed by atoms with Crippen molar-refractivity contribution in [1.29, 1.82) is 5.26 Å². The molecule has 0 unspecified atom stereocenters. The van der Waals surface area contributed by atoms with E-state index in [4.69, 9.17) is 5.26 Å². The summed E-state index contributed by atoms with van der Waals surface area (Å²) < 4.78 is 0. The minimum absolute atomic E-state index is 0.223. The molecule has 4 nitrogen and oxygen atoms in total. The molecule has 0 atom stereocenters. The van der Waals surface area contributed by atoms with Gasteiger partial charge in [-0.1, -0.05) is 18.2 Å². The van der Waals surface area contributed by atoms with Crippen LogP contribution in [0.5, 0.6) is 0 Å². The number of hydrogen-bond acceptors (Lipinski definition) is 3. The van der Waals surface area contributed by atoms with Crippen LogP contribution >= 0.6 is 0 Å². The summed E-state index contributed by atoms with van der Waals surface area (Å²) in [6.07, 6.45) is 3.73. The number of imide groups is 1. The Bertz CT molecular complexity index is 565. The number of hydrogen-bond donors (Lipinski definition) is 0. The molecule has 0 N–H and O–H groups in total. The minimum atomic E-state index is -0.410. The van der Waals surface area contributed by atoms with Crippen LogP contribution in [0.1, 0.15) is 0 Å². The highest BCUT2D eigenvalue weighted by molar-refractivity contribution is 6.31. The van der Waals surface area contributed by atoms with E-state index in [9.17, 15) is 9.59 Å².